The highest BCUT2D eigenvalue weighted by molar-refractivity contribution is 7.07. The van der Waals surface area contributed by atoms with Crippen LogP contribution in [0.5, 0.6) is 5.75 Å². The smallest absolute Gasteiger partial charge is 0.270 e. The Hall–Kier alpha value is -3.13. The zero-order valence-corrected chi connectivity index (χ0v) is 20.7. The molecule has 0 unspecified atom stereocenters. The van der Waals surface area contributed by atoms with E-state index in [9.17, 15) is 14.9 Å². The second-order valence-corrected chi connectivity index (χ2v) is 9.61. The summed E-state index contributed by atoms with van der Waals surface area (Å²) in [7, 11) is 0. The molecule has 2 N–H and O–H groups in total. The van der Waals surface area contributed by atoms with Crippen molar-refractivity contribution in [1.29, 1.82) is 5.26 Å². The van der Waals surface area contributed by atoms with E-state index in [-0.39, 0.29) is 11.1 Å². The standard InChI is InChI=1S/C25H31N5O4S/c1-2-30-24(32)22(35-25(30)21(15-26)23(31)28-16-18-6-7-18)17-27-19-4-3-5-20(14-19)34-13-10-29-8-11-33-12-9-29/h3-5,14,17-18,27H,2,6-13,16H2,1H3,(H,28,31). The first-order valence-electron chi connectivity index (χ1n) is 12.0. The third kappa shape index (κ3) is 6.72. The number of amides is 1. The van der Waals surface area contributed by atoms with Crippen molar-refractivity contribution in [2.45, 2.75) is 26.3 Å². The van der Waals surface area contributed by atoms with Gasteiger partial charge in [-0.25, -0.2) is 0 Å². The molecule has 9 nitrogen and oxygen atoms in total. The number of hydrogen-bond donors (Lipinski definition) is 2. The second kappa shape index (κ2) is 12.0. The maximum Gasteiger partial charge on any atom is 0.270 e. The number of hydrogen-bond acceptors (Lipinski definition) is 8. The summed E-state index contributed by atoms with van der Waals surface area (Å²) in [5, 5.41) is 15.6. The van der Waals surface area contributed by atoms with E-state index in [1.54, 1.807) is 6.20 Å². The van der Waals surface area contributed by atoms with E-state index in [1.165, 1.54) is 4.57 Å². The van der Waals surface area contributed by atoms with Gasteiger partial charge in [0.25, 0.3) is 11.5 Å². The van der Waals surface area contributed by atoms with Crippen LogP contribution in [-0.4, -0.2) is 61.4 Å². The van der Waals surface area contributed by atoms with Gasteiger partial charge in [0, 0.05) is 50.7 Å². The van der Waals surface area contributed by atoms with Crippen molar-refractivity contribution < 1.29 is 14.3 Å². The molecule has 186 valence electrons. The Balaban J connectivity index is 1.47. The highest BCUT2D eigenvalue weighted by atomic mass is 32.1. The number of benzene rings is 1. The molecule has 1 saturated heterocycles. The monoisotopic (exact) mass is 497 g/mol. The minimum absolute atomic E-state index is 0.0232. The largest absolute Gasteiger partial charge is 0.492 e. The lowest BCUT2D eigenvalue weighted by molar-refractivity contribution is -0.115. The molecule has 1 aliphatic carbocycles. The van der Waals surface area contributed by atoms with E-state index in [0.717, 1.165) is 68.5 Å². The molecule has 2 aliphatic rings. The van der Waals surface area contributed by atoms with E-state index in [4.69, 9.17) is 9.47 Å². The summed E-state index contributed by atoms with van der Waals surface area (Å²) in [6.45, 7) is 7.55. The fourth-order valence-corrected chi connectivity index (χ4v) is 4.86. The van der Waals surface area contributed by atoms with E-state index in [1.807, 2.05) is 37.3 Å². The number of carbonyl (C=O) groups is 1. The highest BCUT2D eigenvalue weighted by Crippen LogP contribution is 2.27. The quantitative estimate of drug-likeness (QED) is 0.497. The van der Waals surface area contributed by atoms with Gasteiger partial charge in [-0.3, -0.25) is 19.1 Å². The number of morpholine rings is 1. The SMILES string of the molecule is CCn1c(=C(C#N)C(=O)NCC2CC2)sc(=CNc2cccc(OCCN3CCOCC3)c2)c1=O. The zero-order valence-electron chi connectivity index (χ0n) is 19.9. The van der Waals surface area contributed by atoms with Crippen LogP contribution in [0.4, 0.5) is 5.69 Å². The van der Waals surface area contributed by atoms with E-state index in [2.05, 4.69) is 15.5 Å². The van der Waals surface area contributed by atoms with Crippen LogP contribution in [0.15, 0.2) is 29.1 Å². The molecule has 1 aromatic heterocycles. The Kier molecular flexibility index (Phi) is 8.58. The number of anilines is 1. The first-order valence-corrected chi connectivity index (χ1v) is 12.8. The second-order valence-electron chi connectivity index (χ2n) is 8.58. The van der Waals surface area contributed by atoms with Gasteiger partial charge in [0.1, 0.15) is 27.6 Å². The van der Waals surface area contributed by atoms with Crippen molar-refractivity contribution in [2.24, 2.45) is 5.92 Å². The molecule has 35 heavy (non-hydrogen) atoms. The first kappa shape index (κ1) is 25.0. The molecule has 1 aromatic carbocycles. The molecule has 0 radical (unpaired) electrons. The van der Waals surface area contributed by atoms with Crippen LogP contribution in [0.1, 0.15) is 19.8 Å². The third-order valence-electron chi connectivity index (χ3n) is 6.01. The fourth-order valence-electron chi connectivity index (χ4n) is 3.78. The van der Waals surface area contributed by atoms with Gasteiger partial charge in [0.05, 0.1) is 13.2 Å². The minimum atomic E-state index is -0.427. The van der Waals surface area contributed by atoms with Crippen LogP contribution in [0, 0.1) is 17.2 Å². The average Bonchev–Trinajstić information content (AvgIpc) is 3.66. The normalized spacial score (nSPS) is 17.5. The number of aromatic nitrogens is 1. The lowest BCUT2D eigenvalue weighted by atomic mass is 10.3. The summed E-state index contributed by atoms with van der Waals surface area (Å²) in [5.74, 6) is 0.814. The van der Waals surface area contributed by atoms with E-state index < -0.39 is 5.91 Å². The van der Waals surface area contributed by atoms with Gasteiger partial charge in [0.15, 0.2) is 5.57 Å². The molecule has 0 spiro atoms. The summed E-state index contributed by atoms with van der Waals surface area (Å²) >= 11 is 1.14. The van der Waals surface area contributed by atoms with Gasteiger partial charge in [-0.1, -0.05) is 6.07 Å². The van der Waals surface area contributed by atoms with Crippen molar-refractivity contribution in [3.63, 3.8) is 0 Å². The van der Waals surface area contributed by atoms with Crippen LogP contribution in [0.3, 0.4) is 0 Å². The van der Waals surface area contributed by atoms with Gasteiger partial charge in [-0.2, -0.15) is 5.26 Å². The zero-order chi connectivity index (χ0) is 24.6. The van der Waals surface area contributed by atoms with Crippen LogP contribution < -0.4 is 30.1 Å². The maximum absolute atomic E-state index is 12.9. The summed E-state index contributed by atoms with van der Waals surface area (Å²) in [4.78, 5) is 27.8. The van der Waals surface area contributed by atoms with Crippen LogP contribution in [0.25, 0.3) is 11.8 Å². The number of nitrogens with zero attached hydrogens (tertiary/aromatic N) is 3. The van der Waals surface area contributed by atoms with E-state index >= 15 is 0 Å². The summed E-state index contributed by atoms with van der Waals surface area (Å²) in [6, 6.07) is 9.54. The number of thiazole rings is 1. The number of carbonyl (C=O) groups excluding carboxylic acids is 1. The third-order valence-corrected chi connectivity index (χ3v) is 7.14. The summed E-state index contributed by atoms with van der Waals surface area (Å²) in [5.41, 5.74) is 0.517. The minimum Gasteiger partial charge on any atom is -0.492 e. The lowest BCUT2D eigenvalue weighted by Crippen LogP contribution is -2.38. The molecule has 1 saturated carbocycles. The molecule has 4 rings (SSSR count). The number of nitriles is 1. The molecule has 1 aliphatic heterocycles. The van der Waals surface area contributed by atoms with Crippen molar-refractivity contribution in [1.82, 2.24) is 14.8 Å². The van der Waals surface area contributed by atoms with Gasteiger partial charge < -0.3 is 20.1 Å². The molecular formula is C25H31N5O4S. The predicted molar refractivity (Wildman–Crippen MR) is 136 cm³/mol. The van der Waals surface area contributed by atoms with Crippen molar-refractivity contribution in [2.75, 3.05) is 51.3 Å². The maximum atomic E-state index is 12.9. The average molecular weight is 498 g/mol. The van der Waals surface area contributed by atoms with Gasteiger partial charge in [-0.15, -0.1) is 11.3 Å². The Labute approximate surface area is 208 Å². The number of nitrogens with one attached hydrogen (secondary N) is 2. The summed E-state index contributed by atoms with van der Waals surface area (Å²) in [6.07, 6.45) is 3.82. The molecule has 0 atom stereocenters. The van der Waals surface area contributed by atoms with Crippen molar-refractivity contribution >= 4 is 34.7 Å². The highest BCUT2D eigenvalue weighted by Gasteiger charge is 2.23. The number of rotatable bonds is 10. The lowest BCUT2D eigenvalue weighted by Gasteiger charge is -2.26. The van der Waals surface area contributed by atoms with Crippen LogP contribution in [-0.2, 0) is 16.1 Å². The molecular weight excluding hydrogens is 466 g/mol. The van der Waals surface area contributed by atoms with Crippen LogP contribution >= 0.6 is 11.3 Å². The first-order chi connectivity index (χ1) is 17.1. The Morgan fingerprint density at radius 2 is 2.14 bits per heavy atom. The molecule has 2 aromatic rings. The van der Waals surface area contributed by atoms with Crippen molar-refractivity contribution in [3.05, 3.63) is 43.8 Å². The predicted octanol–water partition coefficient (Wildman–Crippen LogP) is 0.691. The number of ether oxygens (including phenoxy) is 2. The molecule has 10 heteroatoms. The molecule has 2 fully saturated rings. The topological polar surface area (TPSA) is 109 Å². The van der Waals surface area contributed by atoms with Crippen molar-refractivity contribution in [3.8, 4) is 11.8 Å². The Bertz CT molecular complexity index is 1250. The molecule has 0 bridgehead atoms. The Morgan fingerprint density at radius 1 is 1.34 bits per heavy atom. The fraction of sp³-hybridized carbons (Fsp3) is 0.480. The van der Waals surface area contributed by atoms with Gasteiger partial charge in [0.2, 0.25) is 0 Å². The summed E-state index contributed by atoms with van der Waals surface area (Å²) < 4.78 is 13.5. The molecule has 2 heterocycles. The van der Waals surface area contributed by atoms with Gasteiger partial charge >= 0.3 is 0 Å². The van der Waals surface area contributed by atoms with E-state index in [0.29, 0.717) is 34.8 Å². The van der Waals surface area contributed by atoms with Gasteiger partial charge in [-0.05, 0) is 37.8 Å². The van der Waals surface area contributed by atoms with Crippen LogP contribution in [0.2, 0.25) is 0 Å². The molecule has 1 amide bonds. The Morgan fingerprint density at radius 3 is 2.86 bits per heavy atom.